The molecule has 0 amide bonds. The summed E-state index contributed by atoms with van der Waals surface area (Å²) >= 11 is 0. The normalized spacial score (nSPS) is 61.6. The molecular weight excluding hydrogens is 284 g/mol. The maximum absolute atomic E-state index is 12.6. The van der Waals surface area contributed by atoms with Gasteiger partial charge in [0.15, 0.2) is 0 Å². The Morgan fingerprint density at radius 3 is 2.67 bits per heavy atom. The topological polar surface area (TPSA) is 161 Å². The van der Waals surface area contributed by atoms with Gasteiger partial charge in [0.25, 0.3) is 0 Å². The highest BCUT2D eigenvalue weighted by molar-refractivity contribution is 5.82. The van der Waals surface area contributed by atoms with E-state index in [-0.39, 0.29) is 18.8 Å². The number of hydrogen-bond donors (Lipinski definition) is 5. The Hall–Kier alpha value is -0.810. The van der Waals surface area contributed by atoms with Gasteiger partial charge in [-0.25, -0.2) is 0 Å². The van der Waals surface area contributed by atoms with E-state index in [0.29, 0.717) is 0 Å². The number of ether oxygens (including phenoxy) is 2. The molecule has 21 heavy (non-hydrogen) atoms. The maximum atomic E-state index is 12.6. The van der Waals surface area contributed by atoms with E-state index in [9.17, 15) is 25.5 Å². The van der Waals surface area contributed by atoms with Crippen molar-refractivity contribution in [3.63, 3.8) is 0 Å². The van der Waals surface area contributed by atoms with Gasteiger partial charge in [0.05, 0.1) is 24.7 Å². The average Bonchev–Trinajstić information content (AvgIpc) is 2.45. The smallest absolute Gasteiger partial charge is 0.143 e. The van der Waals surface area contributed by atoms with Gasteiger partial charge in [0.2, 0.25) is 0 Å². The number of rotatable bonds is 1. The van der Waals surface area contributed by atoms with Crippen molar-refractivity contribution in [2.24, 2.45) is 22.1 Å². The van der Waals surface area contributed by atoms with Crippen molar-refractivity contribution in [2.45, 2.75) is 42.4 Å². The summed E-state index contributed by atoms with van der Waals surface area (Å²) in [7, 11) is 0. The number of hydrogen-bond acceptors (Lipinski definition) is 9. The summed E-state index contributed by atoms with van der Waals surface area (Å²) in [5.41, 5.74) is 2.54. The lowest BCUT2D eigenvalue weighted by molar-refractivity contribution is -0.713. The van der Waals surface area contributed by atoms with Crippen LogP contribution >= 0.6 is 0 Å². The molecular formula is C12H17N2O7-. The summed E-state index contributed by atoms with van der Waals surface area (Å²) in [6.07, 6.45) is -5.40. The van der Waals surface area contributed by atoms with E-state index in [1.165, 1.54) is 0 Å². The molecule has 0 radical (unpaired) electrons. The third-order valence-corrected chi connectivity index (χ3v) is 5.54. The van der Waals surface area contributed by atoms with Crippen LogP contribution in [-0.4, -0.2) is 75.4 Å². The monoisotopic (exact) mass is 301 g/mol. The van der Waals surface area contributed by atoms with Crippen LogP contribution in [0.1, 0.15) is 6.42 Å². The van der Waals surface area contributed by atoms with Gasteiger partial charge >= 0.3 is 0 Å². The van der Waals surface area contributed by atoms with Gasteiger partial charge in [-0.1, -0.05) is 0 Å². The number of aliphatic hydroxyl groups excluding tert-OH is 3. The van der Waals surface area contributed by atoms with Gasteiger partial charge in [-0.3, -0.25) is 4.99 Å². The van der Waals surface area contributed by atoms with Gasteiger partial charge in [-0.05, 0) is 0 Å². The zero-order chi connectivity index (χ0) is 15.2. The van der Waals surface area contributed by atoms with E-state index in [0.717, 1.165) is 0 Å². The lowest BCUT2D eigenvalue weighted by Crippen LogP contribution is -2.91. The second-order valence-electron chi connectivity index (χ2n) is 6.40. The standard InChI is InChI=1S/C12H17N2O7/c13-5-1-10-4(2-14-5)7-11(18,3-15)8(6(10)16)21-12(19,20-7)9(10)17/h4,6-9,15-18H,1-3H2,(H2,13,14)/q-1/t4?,6-,7?,8?,9+,10?,11?,12?/m1/s1. The molecule has 0 aromatic carbocycles. The van der Waals surface area contributed by atoms with E-state index < -0.39 is 53.9 Å². The van der Waals surface area contributed by atoms with Gasteiger partial charge in [-0.15, -0.1) is 0 Å². The molecule has 8 atom stereocenters. The van der Waals surface area contributed by atoms with Gasteiger partial charge < -0.3 is 40.7 Å². The Kier molecular flexibility index (Phi) is 2.46. The molecule has 4 aliphatic heterocycles. The van der Waals surface area contributed by atoms with Crippen molar-refractivity contribution in [3.05, 3.63) is 0 Å². The number of amidine groups is 1. The Morgan fingerprint density at radius 1 is 1.33 bits per heavy atom. The molecule has 5 aliphatic rings. The van der Waals surface area contributed by atoms with E-state index in [1.807, 2.05) is 0 Å². The van der Waals surface area contributed by atoms with Crippen LogP contribution in [0.2, 0.25) is 0 Å². The van der Waals surface area contributed by atoms with Crippen LogP contribution in [0.25, 0.3) is 0 Å². The second-order valence-corrected chi connectivity index (χ2v) is 6.40. The molecule has 118 valence electrons. The summed E-state index contributed by atoms with van der Waals surface area (Å²) in [4.78, 5) is 4.08. The minimum Gasteiger partial charge on any atom is -0.805 e. The first kappa shape index (κ1) is 13.8. The van der Waals surface area contributed by atoms with Gasteiger partial charge in [0, 0.05) is 24.3 Å². The number of aliphatic hydroxyl groups is 4. The molecule has 0 aromatic heterocycles. The fourth-order valence-corrected chi connectivity index (χ4v) is 4.48. The highest BCUT2D eigenvalue weighted by Gasteiger charge is 2.78. The summed E-state index contributed by atoms with van der Waals surface area (Å²) in [5, 5.41) is 53.7. The van der Waals surface area contributed by atoms with Crippen molar-refractivity contribution >= 4 is 5.84 Å². The third kappa shape index (κ3) is 1.29. The van der Waals surface area contributed by atoms with Crippen LogP contribution in [0.4, 0.5) is 0 Å². The first-order chi connectivity index (χ1) is 9.79. The highest BCUT2D eigenvalue weighted by atomic mass is 16.9. The highest BCUT2D eigenvalue weighted by Crippen LogP contribution is 2.62. The van der Waals surface area contributed by atoms with Crippen LogP contribution in [0.3, 0.4) is 0 Å². The Bertz CT molecular complexity index is 530. The first-order valence-electron chi connectivity index (χ1n) is 6.84. The average molecular weight is 301 g/mol. The van der Waals surface area contributed by atoms with Crippen molar-refractivity contribution in [3.8, 4) is 0 Å². The van der Waals surface area contributed by atoms with E-state index in [2.05, 4.69) is 4.99 Å². The Morgan fingerprint density at radius 2 is 2.00 bits per heavy atom. The maximum Gasteiger partial charge on any atom is 0.143 e. The SMILES string of the molecule is NC1=NCC2C3OC4([O-])OC([C@@H](O)C2(C1)[C@@H]4O)C3(O)CO. The molecule has 1 aliphatic carbocycles. The molecule has 5 rings (SSSR count). The molecule has 1 saturated carbocycles. The van der Waals surface area contributed by atoms with Crippen molar-refractivity contribution < 1.29 is 35.0 Å². The number of nitrogens with zero attached hydrogens (tertiary/aromatic N) is 1. The van der Waals surface area contributed by atoms with Crippen molar-refractivity contribution in [1.82, 2.24) is 0 Å². The third-order valence-electron chi connectivity index (χ3n) is 5.54. The van der Waals surface area contributed by atoms with E-state index in [4.69, 9.17) is 15.2 Å². The fraction of sp³-hybridized carbons (Fsp3) is 0.917. The molecule has 4 bridgehead atoms. The molecule has 3 saturated heterocycles. The Labute approximate surface area is 119 Å². The predicted molar refractivity (Wildman–Crippen MR) is 63.6 cm³/mol. The summed E-state index contributed by atoms with van der Waals surface area (Å²) < 4.78 is 10.3. The zero-order valence-corrected chi connectivity index (χ0v) is 11.0. The number of nitrogens with two attached hydrogens (primary N) is 1. The molecule has 9 nitrogen and oxygen atoms in total. The van der Waals surface area contributed by atoms with Gasteiger partial charge in [0.1, 0.15) is 23.8 Å². The first-order valence-corrected chi connectivity index (χ1v) is 6.84. The molecule has 0 aromatic rings. The lowest BCUT2D eigenvalue weighted by Gasteiger charge is -2.75. The molecule has 9 heteroatoms. The Balaban J connectivity index is 1.92. The second kappa shape index (κ2) is 3.74. The lowest BCUT2D eigenvalue weighted by atomic mass is 9.50. The summed E-state index contributed by atoms with van der Waals surface area (Å²) in [6.45, 7) is -0.646. The zero-order valence-electron chi connectivity index (χ0n) is 11.0. The minimum atomic E-state index is -2.58. The summed E-state index contributed by atoms with van der Waals surface area (Å²) in [6, 6.07) is 0. The molecule has 6 unspecified atom stereocenters. The van der Waals surface area contributed by atoms with Crippen LogP contribution in [0.5, 0.6) is 0 Å². The molecule has 6 N–H and O–H groups in total. The van der Waals surface area contributed by atoms with Crippen LogP contribution in [0, 0.1) is 11.3 Å². The van der Waals surface area contributed by atoms with Crippen molar-refractivity contribution in [1.29, 1.82) is 0 Å². The van der Waals surface area contributed by atoms with Crippen LogP contribution in [0.15, 0.2) is 4.99 Å². The quantitative estimate of drug-likeness (QED) is 0.324. The minimum absolute atomic E-state index is 0.0191. The van der Waals surface area contributed by atoms with Crippen LogP contribution < -0.4 is 10.8 Å². The molecule has 1 spiro atoms. The van der Waals surface area contributed by atoms with Crippen molar-refractivity contribution in [2.75, 3.05) is 13.2 Å². The van der Waals surface area contributed by atoms with Crippen LogP contribution in [-0.2, 0) is 9.47 Å². The fourth-order valence-electron chi connectivity index (χ4n) is 4.48. The van der Waals surface area contributed by atoms with Gasteiger partial charge in [-0.2, -0.15) is 0 Å². The molecule has 4 fully saturated rings. The summed E-state index contributed by atoms with van der Waals surface area (Å²) in [5.74, 6) is -2.99. The molecule has 4 heterocycles. The van der Waals surface area contributed by atoms with E-state index in [1.54, 1.807) is 0 Å². The van der Waals surface area contributed by atoms with E-state index >= 15 is 0 Å². The number of aliphatic imine (C=N–C) groups is 1. The largest absolute Gasteiger partial charge is 0.805 e. The predicted octanol–water partition coefficient (Wildman–Crippen LogP) is -4.38.